The number of aromatic nitrogens is 1. The summed E-state index contributed by atoms with van der Waals surface area (Å²) in [6.07, 6.45) is 1.04. The molecule has 35 heavy (non-hydrogen) atoms. The number of aryl methyl sites for hydroxylation is 1. The highest BCUT2D eigenvalue weighted by Crippen LogP contribution is 2.32. The number of amides is 1. The Hall–Kier alpha value is -2.33. The average molecular weight is 515 g/mol. The molecule has 188 valence electrons. The lowest BCUT2D eigenvalue weighted by atomic mass is 9.94. The van der Waals surface area contributed by atoms with Gasteiger partial charge in [0.25, 0.3) is 5.91 Å². The summed E-state index contributed by atoms with van der Waals surface area (Å²) in [4.78, 5) is 22.3. The molecule has 2 atom stereocenters. The third kappa shape index (κ3) is 5.58. The molecule has 0 bridgehead atoms. The Bertz CT molecular complexity index is 1290. The number of fused-ring (bicyclic) bond motifs is 1. The van der Waals surface area contributed by atoms with Crippen LogP contribution in [0.3, 0.4) is 0 Å². The first kappa shape index (κ1) is 25.8. The Labute approximate surface area is 212 Å². The number of hydrogen-bond acceptors (Lipinski definition) is 6. The first-order valence-electron chi connectivity index (χ1n) is 12.0. The third-order valence-electron chi connectivity index (χ3n) is 6.43. The molecule has 2 heterocycles. The van der Waals surface area contributed by atoms with Gasteiger partial charge >= 0.3 is 0 Å². The molecule has 0 N–H and O–H groups in total. The molecule has 2 unspecified atom stereocenters. The number of benzene rings is 2. The summed E-state index contributed by atoms with van der Waals surface area (Å²) in [5, 5.41) is 0.647. The zero-order chi connectivity index (χ0) is 25.3. The van der Waals surface area contributed by atoms with Crippen molar-refractivity contribution >= 4 is 42.6 Å². The molecule has 1 aromatic heterocycles. The van der Waals surface area contributed by atoms with E-state index in [4.69, 9.17) is 4.98 Å². The summed E-state index contributed by atoms with van der Waals surface area (Å²) in [5.74, 6) is 0.474. The molecule has 3 aromatic rings. The first-order valence-corrected chi connectivity index (χ1v) is 14.2. The van der Waals surface area contributed by atoms with Crippen LogP contribution in [0.15, 0.2) is 47.4 Å². The van der Waals surface area contributed by atoms with Gasteiger partial charge in [0.1, 0.15) is 0 Å². The minimum atomic E-state index is -3.59. The van der Waals surface area contributed by atoms with Crippen molar-refractivity contribution in [2.45, 2.75) is 32.1 Å². The fourth-order valence-electron chi connectivity index (χ4n) is 4.65. The Kier molecular flexibility index (Phi) is 7.61. The Morgan fingerprint density at radius 1 is 1.06 bits per heavy atom. The Morgan fingerprint density at radius 3 is 2.31 bits per heavy atom. The summed E-state index contributed by atoms with van der Waals surface area (Å²) in [7, 11) is 0.336. The fourth-order valence-corrected chi connectivity index (χ4v) is 7.40. The van der Waals surface area contributed by atoms with E-state index < -0.39 is 10.0 Å². The number of thiazole rings is 1. The maximum Gasteiger partial charge on any atom is 0.260 e. The van der Waals surface area contributed by atoms with Crippen molar-refractivity contribution in [2.75, 3.05) is 45.2 Å². The molecule has 9 heteroatoms. The van der Waals surface area contributed by atoms with Crippen LogP contribution in [0.5, 0.6) is 0 Å². The number of rotatable bonds is 7. The molecule has 4 rings (SSSR count). The fraction of sp³-hybridized carbons (Fsp3) is 0.462. The average Bonchev–Trinajstić information content (AvgIpc) is 3.24. The van der Waals surface area contributed by atoms with E-state index in [0.29, 0.717) is 48.7 Å². The standard InChI is InChI=1S/C26H34N4O3S2/c1-18-15-19(2)17-29(16-18)35(32,33)22-11-9-21(10-12-22)25(31)30(14-13-28(4)5)26-27-24-20(3)7-6-8-23(24)34-26/h6-12,18-19H,13-17H2,1-5H3. The van der Waals surface area contributed by atoms with E-state index in [1.54, 1.807) is 33.5 Å². The van der Waals surface area contributed by atoms with E-state index >= 15 is 0 Å². The molecule has 1 saturated heterocycles. The van der Waals surface area contributed by atoms with Crippen LogP contribution < -0.4 is 4.90 Å². The summed E-state index contributed by atoms with van der Waals surface area (Å²) in [6.45, 7) is 8.41. The van der Waals surface area contributed by atoms with Crippen LogP contribution >= 0.6 is 11.3 Å². The predicted octanol–water partition coefficient (Wildman–Crippen LogP) is 4.48. The van der Waals surface area contributed by atoms with E-state index in [1.165, 1.54) is 11.3 Å². The smallest absolute Gasteiger partial charge is 0.260 e. The molecule has 1 aliphatic heterocycles. The second-order valence-corrected chi connectivity index (χ2v) is 12.9. The first-order chi connectivity index (χ1) is 16.6. The monoisotopic (exact) mass is 514 g/mol. The molecule has 7 nitrogen and oxygen atoms in total. The van der Waals surface area contributed by atoms with Crippen molar-refractivity contribution in [3.8, 4) is 0 Å². The molecule has 0 radical (unpaired) electrons. The largest absolute Gasteiger partial charge is 0.308 e. The van der Waals surface area contributed by atoms with Gasteiger partial charge in [-0.1, -0.05) is 37.3 Å². The van der Waals surface area contributed by atoms with Crippen molar-refractivity contribution in [1.82, 2.24) is 14.2 Å². The van der Waals surface area contributed by atoms with Gasteiger partial charge in [-0.3, -0.25) is 9.69 Å². The molecule has 0 aliphatic carbocycles. The minimum absolute atomic E-state index is 0.187. The van der Waals surface area contributed by atoms with Crippen LogP contribution in [-0.2, 0) is 10.0 Å². The number of likely N-dealkylation sites (N-methyl/N-ethyl adjacent to an activating group) is 1. The van der Waals surface area contributed by atoms with Crippen molar-refractivity contribution in [1.29, 1.82) is 0 Å². The summed E-state index contributed by atoms with van der Waals surface area (Å²) >= 11 is 1.49. The van der Waals surface area contributed by atoms with Crippen LogP contribution in [0.2, 0.25) is 0 Å². The van der Waals surface area contributed by atoms with Crippen molar-refractivity contribution < 1.29 is 13.2 Å². The summed E-state index contributed by atoms with van der Waals surface area (Å²) in [5.41, 5.74) is 2.42. The van der Waals surface area contributed by atoms with Gasteiger partial charge in [0.2, 0.25) is 10.0 Å². The summed E-state index contributed by atoms with van der Waals surface area (Å²) in [6, 6.07) is 12.4. The highest BCUT2D eigenvalue weighted by molar-refractivity contribution is 7.89. The number of sulfonamides is 1. The molecular weight excluding hydrogens is 480 g/mol. The van der Waals surface area contributed by atoms with E-state index in [0.717, 1.165) is 22.2 Å². The normalized spacial score (nSPS) is 19.4. The van der Waals surface area contributed by atoms with Crippen LogP contribution in [0.25, 0.3) is 10.2 Å². The number of carbonyl (C=O) groups excluding carboxylic acids is 1. The molecule has 0 saturated carbocycles. The lowest BCUT2D eigenvalue weighted by Gasteiger charge is -2.34. The number of para-hydroxylation sites is 1. The van der Waals surface area contributed by atoms with Crippen molar-refractivity contribution in [2.24, 2.45) is 11.8 Å². The third-order valence-corrected chi connectivity index (χ3v) is 9.32. The highest BCUT2D eigenvalue weighted by Gasteiger charge is 2.32. The Morgan fingerprint density at radius 2 is 1.71 bits per heavy atom. The number of hydrogen-bond donors (Lipinski definition) is 0. The zero-order valence-electron chi connectivity index (χ0n) is 21.1. The second-order valence-electron chi connectivity index (χ2n) is 9.97. The molecule has 2 aromatic carbocycles. The van der Waals surface area contributed by atoms with Crippen LogP contribution in [0, 0.1) is 18.8 Å². The lowest BCUT2D eigenvalue weighted by molar-refractivity contribution is 0.0985. The molecule has 0 spiro atoms. The lowest BCUT2D eigenvalue weighted by Crippen LogP contribution is -2.42. The van der Waals surface area contributed by atoms with E-state index in [-0.39, 0.29) is 10.8 Å². The van der Waals surface area contributed by atoms with E-state index in [2.05, 4.69) is 13.8 Å². The van der Waals surface area contributed by atoms with E-state index in [9.17, 15) is 13.2 Å². The van der Waals surface area contributed by atoms with Gasteiger partial charge in [0.15, 0.2) is 5.13 Å². The number of nitrogens with zero attached hydrogens (tertiary/aromatic N) is 4. The van der Waals surface area contributed by atoms with Gasteiger partial charge in [0.05, 0.1) is 15.1 Å². The summed E-state index contributed by atoms with van der Waals surface area (Å²) < 4.78 is 29.1. The number of carbonyl (C=O) groups is 1. The van der Waals surface area contributed by atoms with Crippen molar-refractivity contribution in [3.63, 3.8) is 0 Å². The maximum absolute atomic E-state index is 13.6. The highest BCUT2D eigenvalue weighted by atomic mass is 32.2. The molecule has 1 fully saturated rings. The van der Waals surface area contributed by atoms with E-state index in [1.807, 2.05) is 44.1 Å². The van der Waals surface area contributed by atoms with Crippen LogP contribution in [0.4, 0.5) is 5.13 Å². The van der Waals surface area contributed by atoms with Crippen LogP contribution in [0.1, 0.15) is 36.2 Å². The van der Waals surface area contributed by atoms with Gasteiger partial charge in [-0.25, -0.2) is 13.4 Å². The topological polar surface area (TPSA) is 73.8 Å². The quantitative estimate of drug-likeness (QED) is 0.465. The maximum atomic E-state index is 13.6. The molecular formula is C26H34N4O3S2. The SMILES string of the molecule is Cc1cccc2sc(N(CCN(C)C)C(=O)c3ccc(S(=O)(=O)N4CC(C)CC(C)C4)cc3)nc12. The number of piperidine rings is 1. The Balaban J connectivity index is 1.61. The minimum Gasteiger partial charge on any atom is -0.308 e. The van der Waals surface area contributed by atoms with Crippen molar-refractivity contribution in [3.05, 3.63) is 53.6 Å². The molecule has 1 aliphatic rings. The van der Waals surface area contributed by atoms with Gasteiger partial charge in [-0.05, 0) is 75.2 Å². The van der Waals surface area contributed by atoms with Gasteiger partial charge in [-0.2, -0.15) is 4.31 Å². The zero-order valence-corrected chi connectivity index (χ0v) is 22.7. The molecule has 1 amide bonds. The van der Waals surface area contributed by atoms with Gasteiger partial charge < -0.3 is 4.90 Å². The van der Waals surface area contributed by atoms with Crippen LogP contribution in [-0.4, -0.2) is 68.8 Å². The van der Waals surface area contributed by atoms with Gasteiger partial charge in [0, 0.05) is 31.7 Å². The second kappa shape index (κ2) is 10.3. The number of anilines is 1. The predicted molar refractivity (Wildman–Crippen MR) is 143 cm³/mol. The van der Waals surface area contributed by atoms with Gasteiger partial charge in [-0.15, -0.1) is 0 Å².